The van der Waals surface area contributed by atoms with Crippen LogP contribution in [0.2, 0.25) is 0 Å². The molecule has 7 nitrogen and oxygen atoms in total. The molecule has 0 saturated carbocycles. The lowest BCUT2D eigenvalue weighted by molar-refractivity contribution is 0.323. The van der Waals surface area contributed by atoms with Crippen molar-refractivity contribution in [1.82, 2.24) is 30.7 Å². The number of fused-ring (bicyclic) bond motifs is 2. The van der Waals surface area contributed by atoms with Gasteiger partial charge in [-0.3, -0.25) is 10.2 Å². The summed E-state index contributed by atoms with van der Waals surface area (Å²) >= 11 is 0. The summed E-state index contributed by atoms with van der Waals surface area (Å²) in [6.45, 7) is 4.42. The third-order valence-corrected chi connectivity index (χ3v) is 7.17. The van der Waals surface area contributed by atoms with E-state index in [2.05, 4.69) is 75.1 Å². The zero-order valence-electron chi connectivity index (χ0n) is 19.4. The summed E-state index contributed by atoms with van der Waals surface area (Å²) in [5, 5.41) is 22.4. The molecule has 3 aromatic carbocycles. The predicted molar refractivity (Wildman–Crippen MR) is 135 cm³/mol. The summed E-state index contributed by atoms with van der Waals surface area (Å²) in [5.41, 5.74) is 3.97. The first-order valence-electron chi connectivity index (χ1n) is 11.9. The monoisotopic (exact) mass is 452 g/mol. The molecule has 0 bridgehead atoms. The summed E-state index contributed by atoms with van der Waals surface area (Å²) in [4.78, 5) is 4.88. The lowest BCUT2D eigenvalue weighted by Crippen LogP contribution is -2.30. The molecule has 1 fully saturated rings. The van der Waals surface area contributed by atoms with Gasteiger partial charge in [-0.05, 0) is 79.0 Å². The van der Waals surface area contributed by atoms with Crippen LogP contribution in [0.5, 0.6) is 5.75 Å². The number of piperidine rings is 1. The molecule has 7 heteroatoms. The second-order valence-electron chi connectivity index (χ2n) is 9.18. The van der Waals surface area contributed by atoms with E-state index < -0.39 is 0 Å². The van der Waals surface area contributed by atoms with Crippen LogP contribution in [0.1, 0.15) is 31.5 Å². The van der Waals surface area contributed by atoms with Gasteiger partial charge < -0.3 is 10.1 Å². The van der Waals surface area contributed by atoms with Gasteiger partial charge in [-0.15, -0.1) is 0 Å². The molecule has 2 aromatic heterocycles. The highest BCUT2D eigenvalue weighted by molar-refractivity contribution is 5.97. The standard InChI is InChI=1S/C27H28N6O/c1-16(17-9-11-28-12-10-17)26-29-27(33-32-26)21-6-8-24-23(15-21)25(31-30-24)20-4-3-19-14-22(34-2)7-5-18(19)13-20/h3-8,13-17,28H,9-12H2,1-2H3,(H,30,31)(H,29,32,33). The van der Waals surface area contributed by atoms with E-state index in [0.29, 0.717) is 11.8 Å². The molecule has 0 aliphatic carbocycles. The van der Waals surface area contributed by atoms with Gasteiger partial charge in [0.1, 0.15) is 11.6 Å². The van der Waals surface area contributed by atoms with Crippen molar-refractivity contribution in [3.63, 3.8) is 0 Å². The predicted octanol–water partition coefficient (Wildman–Crippen LogP) is 5.28. The third kappa shape index (κ3) is 3.72. The second kappa shape index (κ2) is 8.57. The van der Waals surface area contributed by atoms with E-state index in [1.54, 1.807) is 7.11 Å². The molecule has 172 valence electrons. The Morgan fingerprint density at radius 3 is 2.53 bits per heavy atom. The largest absolute Gasteiger partial charge is 0.497 e. The van der Waals surface area contributed by atoms with E-state index in [1.165, 1.54) is 12.8 Å². The van der Waals surface area contributed by atoms with Crippen LogP contribution in [-0.4, -0.2) is 45.6 Å². The van der Waals surface area contributed by atoms with Crippen molar-refractivity contribution in [3.8, 4) is 28.4 Å². The number of rotatable bonds is 5. The van der Waals surface area contributed by atoms with Crippen molar-refractivity contribution in [1.29, 1.82) is 0 Å². The Morgan fingerprint density at radius 1 is 0.882 bits per heavy atom. The van der Waals surface area contributed by atoms with Crippen LogP contribution in [-0.2, 0) is 0 Å². The highest BCUT2D eigenvalue weighted by Gasteiger charge is 2.24. The van der Waals surface area contributed by atoms with E-state index in [0.717, 1.165) is 69.0 Å². The van der Waals surface area contributed by atoms with E-state index in [9.17, 15) is 0 Å². The summed E-state index contributed by atoms with van der Waals surface area (Å²) < 4.78 is 5.35. The fourth-order valence-corrected chi connectivity index (χ4v) is 5.05. The molecular weight excluding hydrogens is 424 g/mol. The Labute approximate surface area is 198 Å². The highest BCUT2D eigenvalue weighted by Crippen LogP contribution is 2.33. The number of methoxy groups -OCH3 is 1. The first-order valence-corrected chi connectivity index (χ1v) is 11.9. The van der Waals surface area contributed by atoms with Gasteiger partial charge in [0.05, 0.1) is 18.3 Å². The second-order valence-corrected chi connectivity index (χ2v) is 9.18. The van der Waals surface area contributed by atoms with E-state index in [1.807, 2.05) is 12.1 Å². The Bertz CT molecular complexity index is 1460. The van der Waals surface area contributed by atoms with Gasteiger partial charge >= 0.3 is 0 Å². The fraction of sp³-hybridized carbons (Fsp3) is 0.296. The summed E-state index contributed by atoms with van der Waals surface area (Å²) in [5.74, 6) is 3.57. The Hall–Kier alpha value is -3.71. The average Bonchev–Trinajstić information content (AvgIpc) is 3.55. The topological polar surface area (TPSA) is 91.5 Å². The molecule has 6 rings (SSSR count). The van der Waals surface area contributed by atoms with Crippen LogP contribution >= 0.6 is 0 Å². The molecule has 3 N–H and O–H groups in total. The summed E-state index contributed by atoms with van der Waals surface area (Å²) in [6.07, 6.45) is 2.36. The number of aromatic nitrogens is 5. The van der Waals surface area contributed by atoms with Gasteiger partial charge in [0, 0.05) is 22.4 Å². The molecule has 1 unspecified atom stereocenters. The highest BCUT2D eigenvalue weighted by atomic mass is 16.5. The van der Waals surface area contributed by atoms with Gasteiger partial charge in [-0.25, -0.2) is 4.98 Å². The SMILES string of the molecule is COc1ccc2cc(-c3n[nH]c4ccc(-c5n[nH]c(C(C)C6CCNCC6)n5)cc34)ccc2c1. The molecular formula is C27H28N6O. The van der Waals surface area contributed by atoms with Gasteiger partial charge in [-0.1, -0.05) is 25.1 Å². The smallest absolute Gasteiger partial charge is 0.181 e. The fourth-order valence-electron chi connectivity index (χ4n) is 5.05. The first-order chi connectivity index (χ1) is 16.7. The molecule has 1 atom stereocenters. The minimum atomic E-state index is 0.368. The van der Waals surface area contributed by atoms with Crippen LogP contribution in [0.3, 0.4) is 0 Å². The van der Waals surface area contributed by atoms with Crippen LogP contribution in [0.25, 0.3) is 44.3 Å². The van der Waals surface area contributed by atoms with Gasteiger partial charge in [0.15, 0.2) is 5.82 Å². The van der Waals surface area contributed by atoms with Gasteiger partial charge in [-0.2, -0.15) is 10.2 Å². The van der Waals surface area contributed by atoms with Crippen molar-refractivity contribution in [2.24, 2.45) is 5.92 Å². The Balaban J connectivity index is 1.34. The van der Waals surface area contributed by atoms with Gasteiger partial charge in [0.25, 0.3) is 0 Å². The van der Waals surface area contributed by atoms with Crippen LogP contribution < -0.4 is 10.1 Å². The molecule has 0 spiro atoms. The average molecular weight is 453 g/mol. The maximum Gasteiger partial charge on any atom is 0.181 e. The molecule has 1 saturated heterocycles. The molecule has 1 aliphatic heterocycles. The molecule has 3 heterocycles. The van der Waals surface area contributed by atoms with Crippen molar-refractivity contribution in [2.45, 2.75) is 25.7 Å². The summed E-state index contributed by atoms with van der Waals surface area (Å²) in [7, 11) is 1.69. The zero-order chi connectivity index (χ0) is 23.1. The number of hydrogen-bond donors (Lipinski definition) is 3. The van der Waals surface area contributed by atoms with Crippen molar-refractivity contribution in [3.05, 3.63) is 60.4 Å². The summed E-state index contributed by atoms with van der Waals surface area (Å²) in [6, 6.07) is 18.7. The zero-order valence-corrected chi connectivity index (χ0v) is 19.4. The lowest BCUT2D eigenvalue weighted by atomic mass is 9.86. The van der Waals surface area contributed by atoms with Crippen molar-refractivity contribution >= 4 is 21.7 Å². The lowest BCUT2D eigenvalue weighted by Gasteiger charge is -2.26. The molecule has 0 radical (unpaired) electrons. The molecule has 34 heavy (non-hydrogen) atoms. The van der Waals surface area contributed by atoms with E-state index in [4.69, 9.17) is 9.72 Å². The Morgan fingerprint density at radius 2 is 1.68 bits per heavy atom. The number of hydrogen-bond acceptors (Lipinski definition) is 5. The minimum Gasteiger partial charge on any atom is -0.497 e. The Kier molecular flexibility index (Phi) is 5.26. The van der Waals surface area contributed by atoms with E-state index in [-0.39, 0.29) is 0 Å². The third-order valence-electron chi connectivity index (χ3n) is 7.17. The van der Waals surface area contributed by atoms with E-state index >= 15 is 0 Å². The molecule has 1 aliphatic rings. The minimum absolute atomic E-state index is 0.368. The maximum atomic E-state index is 5.35. The quantitative estimate of drug-likeness (QED) is 0.337. The number of H-pyrrole nitrogens is 2. The van der Waals surface area contributed by atoms with Crippen LogP contribution in [0.4, 0.5) is 0 Å². The molecule has 5 aromatic rings. The molecule has 0 amide bonds. The normalized spacial score (nSPS) is 15.7. The number of nitrogens with one attached hydrogen (secondary N) is 3. The van der Waals surface area contributed by atoms with Crippen LogP contribution in [0.15, 0.2) is 54.6 Å². The number of ether oxygens (including phenoxy) is 1. The maximum absolute atomic E-state index is 5.35. The number of aromatic amines is 2. The van der Waals surface area contributed by atoms with Crippen molar-refractivity contribution in [2.75, 3.05) is 20.2 Å². The first kappa shape index (κ1) is 20.9. The van der Waals surface area contributed by atoms with Gasteiger partial charge in [0.2, 0.25) is 0 Å². The van der Waals surface area contributed by atoms with Crippen LogP contribution in [0, 0.1) is 5.92 Å². The number of benzene rings is 3. The number of nitrogens with zero attached hydrogens (tertiary/aromatic N) is 3. The van der Waals surface area contributed by atoms with Crippen molar-refractivity contribution < 1.29 is 4.74 Å².